The Morgan fingerprint density at radius 1 is 0.912 bits per heavy atom. The number of ketones is 1. The number of amides is 1. The number of likely N-dealkylation sites (tertiary alicyclic amines) is 1. The Kier molecular flexibility index (Phi) is 6.18. The van der Waals surface area contributed by atoms with E-state index in [1.807, 2.05) is 86.6 Å². The van der Waals surface area contributed by atoms with Crippen molar-refractivity contribution in [1.82, 2.24) is 4.90 Å². The van der Waals surface area contributed by atoms with Crippen LogP contribution in [0.4, 0.5) is 0 Å². The van der Waals surface area contributed by atoms with Gasteiger partial charge in [-0.05, 0) is 47.6 Å². The first-order chi connectivity index (χ1) is 16.1. The first-order valence-electron chi connectivity index (χ1n) is 11.6. The summed E-state index contributed by atoms with van der Waals surface area (Å²) in [5.41, 5.74) is 5.39. The summed E-state index contributed by atoms with van der Waals surface area (Å²) in [5.74, 6) is -1.38. The Hall–Kier alpha value is -3.66. The molecule has 0 radical (unpaired) electrons. The molecule has 4 nitrogen and oxygen atoms in total. The van der Waals surface area contributed by atoms with Crippen molar-refractivity contribution in [2.24, 2.45) is 0 Å². The van der Waals surface area contributed by atoms with Crippen molar-refractivity contribution >= 4 is 17.4 Å². The molecule has 1 aliphatic heterocycles. The van der Waals surface area contributed by atoms with E-state index in [0.29, 0.717) is 5.56 Å². The van der Waals surface area contributed by atoms with Gasteiger partial charge in [0.25, 0.3) is 11.7 Å². The number of benzene rings is 3. The lowest BCUT2D eigenvalue weighted by Crippen LogP contribution is -2.29. The van der Waals surface area contributed by atoms with Gasteiger partial charge in [0, 0.05) is 12.1 Å². The highest BCUT2D eigenvalue weighted by molar-refractivity contribution is 6.46. The smallest absolute Gasteiger partial charge is 0.295 e. The van der Waals surface area contributed by atoms with Crippen LogP contribution in [0.25, 0.3) is 5.76 Å². The molecule has 1 amide bonds. The number of nitrogens with zero attached hydrogens (tertiary/aromatic N) is 1. The molecule has 0 aliphatic carbocycles. The summed E-state index contributed by atoms with van der Waals surface area (Å²) in [4.78, 5) is 28.1. The highest BCUT2D eigenvalue weighted by atomic mass is 16.3. The van der Waals surface area contributed by atoms with Gasteiger partial charge in [0.15, 0.2) is 0 Å². The number of carbonyl (C=O) groups excluding carboxylic acids is 2. The topological polar surface area (TPSA) is 57.6 Å². The molecule has 1 aliphatic rings. The number of carbonyl (C=O) groups is 2. The van der Waals surface area contributed by atoms with E-state index in [-0.39, 0.29) is 23.3 Å². The molecule has 1 atom stereocenters. The van der Waals surface area contributed by atoms with Crippen molar-refractivity contribution in [1.29, 1.82) is 0 Å². The zero-order chi connectivity index (χ0) is 24.6. The molecule has 1 saturated heterocycles. The third kappa shape index (κ3) is 4.41. The fraction of sp³-hybridized carbons (Fsp3) is 0.267. The average molecular weight is 454 g/mol. The van der Waals surface area contributed by atoms with Gasteiger partial charge in [-0.3, -0.25) is 9.59 Å². The first kappa shape index (κ1) is 23.5. The van der Waals surface area contributed by atoms with Crippen LogP contribution in [0, 0.1) is 13.8 Å². The third-order valence-corrected chi connectivity index (χ3v) is 6.48. The molecule has 3 aromatic carbocycles. The van der Waals surface area contributed by atoms with E-state index in [4.69, 9.17) is 0 Å². The fourth-order valence-corrected chi connectivity index (χ4v) is 4.47. The van der Waals surface area contributed by atoms with E-state index < -0.39 is 17.7 Å². The van der Waals surface area contributed by atoms with Crippen molar-refractivity contribution in [3.8, 4) is 0 Å². The lowest BCUT2D eigenvalue weighted by atomic mass is 9.85. The van der Waals surface area contributed by atoms with Gasteiger partial charge >= 0.3 is 0 Å². The fourth-order valence-electron chi connectivity index (χ4n) is 4.47. The summed E-state index contributed by atoms with van der Waals surface area (Å²) in [5, 5.41) is 11.4. The van der Waals surface area contributed by atoms with Crippen LogP contribution in [0.15, 0.2) is 78.4 Å². The van der Waals surface area contributed by atoms with Crippen LogP contribution in [0.2, 0.25) is 0 Å². The van der Waals surface area contributed by atoms with Gasteiger partial charge in [-0.1, -0.05) is 93.1 Å². The van der Waals surface area contributed by atoms with Crippen LogP contribution >= 0.6 is 0 Å². The normalized spacial score (nSPS) is 17.9. The summed E-state index contributed by atoms with van der Waals surface area (Å²) < 4.78 is 0. The largest absolute Gasteiger partial charge is 0.507 e. The van der Waals surface area contributed by atoms with Crippen LogP contribution in [0.5, 0.6) is 0 Å². The second-order valence-electron chi connectivity index (χ2n) is 10.1. The lowest BCUT2D eigenvalue weighted by molar-refractivity contribution is -0.140. The molecule has 1 unspecified atom stereocenters. The summed E-state index contributed by atoms with van der Waals surface area (Å²) in [6.07, 6.45) is 0. The molecule has 1 N–H and O–H groups in total. The van der Waals surface area contributed by atoms with Crippen LogP contribution < -0.4 is 0 Å². The van der Waals surface area contributed by atoms with Gasteiger partial charge in [0.1, 0.15) is 5.76 Å². The van der Waals surface area contributed by atoms with E-state index in [9.17, 15) is 14.7 Å². The Balaban J connectivity index is 1.89. The van der Waals surface area contributed by atoms with Crippen molar-refractivity contribution < 1.29 is 14.7 Å². The molecule has 0 aromatic heterocycles. The SMILES string of the molecule is Cc1ccc(C)c(/C(O)=C2\C(=O)C(=O)N(Cc3ccccc3)C2c2ccc(C(C)(C)C)cc2)c1. The maximum Gasteiger partial charge on any atom is 0.295 e. The van der Waals surface area contributed by atoms with E-state index >= 15 is 0 Å². The minimum absolute atomic E-state index is 0.0247. The molecule has 3 aromatic rings. The Labute approximate surface area is 201 Å². The van der Waals surface area contributed by atoms with Gasteiger partial charge in [0.05, 0.1) is 11.6 Å². The number of aryl methyl sites for hydroxylation is 2. The predicted molar refractivity (Wildman–Crippen MR) is 135 cm³/mol. The number of aliphatic hydroxyl groups is 1. The number of rotatable bonds is 4. The second kappa shape index (κ2) is 8.94. The predicted octanol–water partition coefficient (Wildman–Crippen LogP) is 6.22. The minimum Gasteiger partial charge on any atom is -0.507 e. The minimum atomic E-state index is -0.672. The quantitative estimate of drug-likeness (QED) is 0.290. The summed E-state index contributed by atoms with van der Waals surface area (Å²) in [6.45, 7) is 10.5. The van der Waals surface area contributed by atoms with Gasteiger partial charge in [-0.2, -0.15) is 0 Å². The van der Waals surface area contributed by atoms with Gasteiger partial charge in [-0.15, -0.1) is 0 Å². The number of hydrogen-bond acceptors (Lipinski definition) is 3. The van der Waals surface area contributed by atoms with Crippen molar-refractivity contribution in [2.45, 2.75) is 52.6 Å². The number of hydrogen-bond donors (Lipinski definition) is 1. The number of Topliss-reactive ketones (excluding diaryl/α,β-unsaturated/α-hetero) is 1. The maximum atomic E-state index is 13.3. The van der Waals surface area contributed by atoms with Crippen LogP contribution in [-0.4, -0.2) is 21.7 Å². The molecule has 34 heavy (non-hydrogen) atoms. The van der Waals surface area contributed by atoms with Crippen molar-refractivity contribution in [2.75, 3.05) is 0 Å². The third-order valence-electron chi connectivity index (χ3n) is 6.48. The average Bonchev–Trinajstić information content (AvgIpc) is 3.05. The second-order valence-corrected chi connectivity index (χ2v) is 10.1. The number of aliphatic hydroxyl groups excluding tert-OH is 1. The van der Waals surface area contributed by atoms with E-state index in [1.165, 1.54) is 0 Å². The van der Waals surface area contributed by atoms with E-state index in [2.05, 4.69) is 20.8 Å². The molecule has 1 heterocycles. The molecule has 4 rings (SSSR count). The van der Waals surface area contributed by atoms with Crippen molar-refractivity contribution in [3.05, 3.63) is 112 Å². The zero-order valence-corrected chi connectivity index (χ0v) is 20.4. The zero-order valence-electron chi connectivity index (χ0n) is 20.4. The summed E-state index contributed by atoms with van der Waals surface area (Å²) >= 11 is 0. The molecule has 174 valence electrons. The van der Waals surface area contributed by atoms with Gasteiger partial charge in [-0.25, -0.2) is 0 Å². The Morgan fingerprint density at radius 2 is 1.56 bits per heavy atom. The monoisotopic (exact) mass is 453 g/mol. The summed E-state index contributed by atoms with van der Waals surface area (Å²) in [6, 6.07) is 22.7. The lowest BCUT2D eigenvalue weighted by Gasteiger charge is -2.27. The molecule has 1 fully saturated rings. The van der Waals surface area contributed by atoms with Gasteiger partial charge in [0.2, 0.25) is 0 Å². The molecular formula is C30H31NO3. The van der Waals surface area contributed by atoms with Crippen LogP contribution in [0.3, 0.4) is 0 Å². The summed E-state index contributed by atoms with van der Waals surface area (Å²) in [7, 11) is 0. The standard InChI is InChI=1S/C30H31NO3/c1-19-11-12-20(2)24(17-19)27(32)25-26(22-13-15-23(16-14-22)30(3,4)5)31(29(34)28(25)33)18-21-9-7-6-8-10-21/h6-17,26,32H,18H2,1-5H3/b27-25+. The van der Waals surface area contributed by atoms with Crippen molar-refractivity contribution in [3.63, 3.8) is 0 Å². The maximum absolute atomic E-state index is 13.3. The van der Waals surface area contributed by atoms with Crippen LogP contribution in [-0.2, 0) is 21.5 Å². The van der Waals surface area contributed by atoms with E-state index in [0.717, 1.165) is 27.8 Å². The Morgan fingerprint density at radius 3 is 2.18 bits per heavy atom. The molecule has 0 spiro atoms. The molecule has 0 saturated carbocycles. The van der Waals surface area contributed by atoms with Gasteiger partial charge < -0.3 is 10.0 Å². The Bertz CT molecular complexity index is 1260. The first-order valence-corrected chi connectivity index (χ1v) is 11.6. The van der Waals surface area contributed by atoms with Crippen LogP contribution in [0.1, 0.15) is 60.2 Å². The van der Waals surface area contributed by atoms with E-state index in [1.54, 1.807) is 4.90 Å². The highest BCUT2D eigenvalue weighted by Gasteiger charge is 2.46. The molecule has 0 bridgehead atoms. The molecule has 4 heteroatoms. The molecular weight excluding hydrogens is 422 g/mol. The highest BCUT2D eigenvalue weighted by Crippen LogP contribution is 2.41.